The van der Waals surface area contributed by atoms with Crippen LogP contribution >= 0.6 is 0 Å². The zero-order valence-electron chi connectivity index (χ0n) is 11.4. The molecule has 0 bridgehead atoms. The fourth-order valence-corrected chi connectivity index (χ4v) is 2.82. The molecule has 2 N–H and O–H groups in total. The summed E-state index contributed by atoms with van der Waals surface area (Å²) in [6.45, 7) is 5.02. The maximum Gasteiger partial charge on any atom is 0.0724 e. The quantitative estimate of drug-likeness (QED) is 0.886. The van der Waals surface area contributed by atoms with Gasteiger partial charge in [0, 0.05) is 26.2 Å². The van der Waals surface area contributed by atoms with Crippen LogP contribution < -0.4 is 5.73 Å². The zero-order chi connectivity index (χ0) is 13.0. The third-order valence-electron chi connectivity index (χ3n) is 4.07. The van der Waals surface area contributed by atoms with Crippen LogP contribution in [0, 0.1) is 5.92 Å². The first kappa shape index (κ1) is 13.5. The maximum absolute atomic E-state index is 5.97. The van der Waals surface area contributed by atoms with Gasteiger partial charge in [-0.3, -0.25) is 4.90 Å². The van der Waals surface area contributed by atoms with E-state index in [2.05, 4.69) is 36.1 Å². The minimum Gasteiger partial charge on any atom is -0.380 e. The third-order valence-corrected chi connectivity index (χ3v) is 4.07. The van der Waals surface area contributed by atoms with Crippen molar-refractivity contribution in [1.29, 1.82) is 0 Å². The van der Waals surface area contributed by atoms with E-state index < -0.39 is 0 Å². The predicted molar refractivity (Wildman–Crippen MR) is 74.4 cm³/mol. The number of likely N-dealkylation sites (tertiary alicyclic amines) is 1. The first-order chi connectivity index (χ1) is 8.76. The Bertz CT molecular complexity index is 355. The number of hydrogen-bond acceptors (Lipinski definition) is 3. The molecule has 0 spiro atoms. The van der Waals surface area contributed by atoms with Gasteiger partial charge in [-0.1, -0.05) is 37.3 Å². The van der Waals surface area contributed by atoms with E-state index in [0.29, 0.717) is 24.6 Å². The number of benzene rings is 1. The Kier molecular flexibility index (Phi) is 4.75. The van der Waals surface area contributed by atoms with Crippen molar-refractivity contribution in [3.05, 3.63) is 35.9 Å². The molecule has 18 heavy (non-hydrogen) atoms. The van der Waals surface area contributed by atoms with E-state index in [0.717, 1.165) is 13.1 Å². The highest BCUT2D eigenvalue weighted by Crippen LogP contribution is 2.27. The van der Waals surface area contributed by atoms with Crippen molar-refractivity contribution < 1.29 is 4.74 Å². The maximum atomic E-state index is 5.97. The van der Waals surface area contributed by atoms with Crippen LogP contribution in [0.4, 0.5) is 0 Å². The fourth-order valence-electron chi connectivity index (χ4n) is 2.82. The summed E-state index contributed by atoms with van der Waals surface area (Å²) in [4.78, 5) is 2.46. The predicted octanol–water partition coefficient (Wildman–Crippen LogP) is 2.04. The van der Waals surface area contributed by atoms with Gasteiger partial charge in [-0.2, -0.15) is 0 Å². The van der Waals surface area contributed by atoms with E-state index in [1.807, 2.05) is 13.2 Å². The second-order valence-corrected chi connectivity index (χ2v) is 5.20. The van der Waals surface area contributed by atoms with Crippen LogP contribution in [0.5, 0.6) is 0 Å². The highest BCUT2D eigenvalue weighted by molar-refractivity contribution is 5.19. The van der Waals surface area contributed by atoms with Gasteiger partial charge in [0.05, 0.1) is 6.10 Å². The molecule has 2 rings (SSSR count). The summed E-state index contributed by atoms with van der Waals surface area (Å²) in [5, 5.41) is 0. The molecule has 1 fully saturated rings. The minimum atomic E-state index is 0.316. The molecule has 1 heterocycles. The molecule has 1 saturated heterocycles. The highest BCUT2D eigenvalue weighted by Gasteiger charge is 2.30. The van der Waals surface area contributed by atoms with Crippen LogP contribution in [0.1, 0.15) is 24.9 Å². The van der Waals surface area contributed by atoms with Crippen LogP contribution in [0.2, 0.25) is 0 Å². The average Bonchev–Trinajstić information content (AvgIpc) is 2.42. The molecule has 3 unspecified atom stereocenters. The highest BCUT2D eigenvalue weighted by atomic mass is 16.5. The van der Waals surface area contributed by atoms with Gasteiger partial charge in [-0.25, -0.2) is 0 Å². The summed E-state index contributed by atoms with van der Waals surface area (Å²) >= 11 is 0. The number of methoxy groups -OCH3 is 1. The molecular weight excluding hydrogens is 224 g/mol. The van der Waals surface area contributed by atoms with Gasteiger partial charge in [0.2, 0.25) is 0 Å². The largest absolute Gasteiger partial charge is 0.380 e. The van der Waals surface area contributed by atoms with Crippen LogP contribution in [0.3, 0.4) is 0 Å². The Morgan fingerprint density at radius 3 is 2.72 bits per heavy atom. The topological polar surface area (TPSA) is 38.5 Å². The van der Waals surface area contributed by atoms with Crippen molar-refractivity contribution in [2.24, 2.45) is 11.7 Å². The number of ether oxygens (including phenoxy) is 1. The lowest BCUT2D eigenvalue weighted by atomic mass is 9.93. The molecule has 1 aromatic rings. The van der Waals surface area contributed by atoms with Gasteiger partial charge in [-0.05, 0) is 24.4 Å². The van der Waals surface area contributed by atoms with Crippen molar-refractivity contribution in [3.63, 3.8) is 0 Å². The Morgan fingerprint density at radius 1 is 1.39 bits per heavy atom. The summed E-state index contributed by atoms with van der Waals surface area (Å²) in [7, 11) is 1.81. The minimum absolute atomic E-state index is 0.316. The molecule has 0 amide bonds. The molecule has 3 nitrogen and oxygen atoms in total. The number of nitrogens with zero attached hydrogens (tertiary/aromatic N) is 1. The molecular formula is C15H24N2O. The number of rotatable bonds is 4. The van der Waals surface area contributed by atoms with E-state index in [9.17, 15) is 0 Å². The molecule has 100 valence electrons. The second-order valence-electron chi connectivity index (χ2n) is 5.20. The van der Waals surface area contributed by atoms with Crippen molar-refractivity contribution in [1.82, 2.24) is 4.90 Å². The summed E-state index contributed by atoms with van der Waals surface area (Å²) < 4.78 is 5.58. The fraction of sp³-hybridized carbons (Fsp3) is 0.600. The standard InChI is InChI=1S/C15H24N2O/c1-12-8-9-17(11-15(12)18-2)14(10-16)13-6-4-3-5-7-13/h3-7,12,14-15H,8-11,16H2,1-2H3. The Morgan fingerprint density at radius 2 is 2.11 bits per heavy atom. The Hall–Kier alpha value is -0.900. The average molecular weight is 248 g/mol. The van der Waals surface area contributed by atoms with E-state index in [1.54, 1.807) is 0 Å². The van der Waals surface area contributed by atoms with Gasteiger partial charge in [0.25, 0.3) is 0 Å². The summed E-state index contributed by atoms with van der Waals surface area (Å²) in [5.41, 5.74) is 7.28. The third kappa shape index (κ3) is 2.91. The monoisotopic (exact) mass is 248 g/mol. The molecule has 1 aliphatic rings. The SMILES string of the molecule is COC1CN(C(CN)c2ccccc2)CCC1C. The molecule has 3 heteroatoms. The van der Waals surface area contributed by atoms with Crippen molar-refractivity contribution in [2.45, 2.75) is 25.5 Å². The molecule has 1 aliphatic heterocycles. The molecule has 3 atom stereocenters. The van der Waals surface area contributed by atoms with E-state index >= 15 is 0 Å². The molecule has 0 aliphatic carbocycles. The molecule has 0 saturated carbocycles. The smallest absolute Gasteiger partial charge is 0.0724 e. The van der Waals surface area contributed by atoms with Crippen LogP contribution in [-0.2, 0) is 4.74 Å². The normalized spacial score (nSPS) is 27.1. The van der Waals surface area contributed by atoms with Crippen molar-refractivity contribution in [2.75, 3.05) is 26.7 Å². The van der Waals surface area contributed by atoms with Gasteiger partial charge in [0.15, 0.2) is 0 Å². The molecule has 1 aromatic carbocycles. The summed E-state index contributed by atoms with van der Waals surface area (Å²) in [6.07, 6.45) is 1.51. The Balaban J connectivity index is 2.09. The first-order valence-electron chi connectivity index (χ1n) is 6.78. The lowest BCUT2D eigenvalue weighted by Gasteiger charge is -2.40. The summed E-state index contributed by atoms with van der Waals surface area (Å²) in [5.74, 6) is 0.639. The molecule has 0 radical (unpaired) electrons. The van der Waals surface area contributed by atoms with Gasteiger partial charge in [-0.15, -0.1) is 0 Å². The number of nitrogens with two attached hydrogens (primary N) is 1. The van der Waals surface area contributed by atoms with E-state index in [-0.39, 0.29) is 0 Å². The van der Waals surface area contributed by atoms with Crippen LogP contribution in [-0.4, -0.2) is 37.7 Å². The first-order valence-corrected chi connectivity index (χ1v) is 6.78. The number of piperidine rings is 1. The van der Waals surface area contributed by atoms with Gasteiger partial charge in [0.1, 0.15) is 0 Å². The van der Waals surface area contributed by atoms with Crippen molar-refractivity contribution in [3.8, 4) is 0 Å². The second kappa shape index (κ2) is 6.32. The van der Waals surface area contributed by atoms with Crippen LogP contribution in [0.15, 0.2) is 30.3 Å². The van der Waals surface area contributed by atoms with Crippen molar-refractivity contribution >= 4 is 0 Å². The lowest BCUT2D eigenvalue weighted by Crippen LogP contribution is -2.47. The van der Waals surface area contributed by atoms with E-state index in [1.165, 1.54) is 12.0 Å². The molecule has 0 aromatic heterocycles. The van der Waals surface area contributed by atoms with E-state index in [4.69, 9.17) is 10.5 Å². The number of hydrogen-bond donors (Lipinski definition) is 1. The summed E-state index contributed by atoms with van der Waals surface area (Å²) in [6, 6.07) is 10.9. The van der Waals surface area contributed by atoms with Gasteiger partial charge >= 0.3 is 0 Å². The van der Waals surface area contributed by atoms with Crippen LogP contribution in [0.25, 0.3) is 0 Å². The van der Waals surface area contributed by atoms with Gasteiger partial charge < -0.3 is 10.5 Å². The Labute approximate surface area is 110 Å². The zero-order valence-corrected chi connectivity index (χ0v) is 11.4. The lowest BCUT2D eigenvalue weighted by molar-refractivity contribution is -0.0183.